The predicted octanol–water partition coefficient (Wildman–Crippen LogP) is 3.62. The number of hydrogen-bond acceptors (Lipinski definition) is 2. The number of nitrogens with zero attached hydrogens (tertiary/aromatic N) is 1. The maximum Gasteiger partial charge on any atom is 0.121 e. The van der Waals surface area contributed by atoms with Crippen LogP contribution in [0.5, 0.6) is 0 Å². The van der Waals surface area contributed by atoms with Gasteiger partial charge in [0.15, 0.2) is 0 Å². The maximum atomic E-state index is 10.5. The van der Waals surface area contributed by atoms with Gasteiger partial charge in [0.05, 0.1) is 5.69 Å². The van der Waals surface area contributed by atoms with Crippen molar-refractivity contribution in [1.29, 1.82) is 0 Å². The molecule has 1 N–H and O–H groups in total. The van der Waals surface area contributed by atoms with E-state index in [1.54, 1.807) is 6.20 Å². The van der Waals surface area contributed by atoms with E-state index < -0.39 is 6.10 Å². The lowest BCUT2D eigenvalue weighted by molar-refractivity contribution is 0.214. The van der Waals surface area contributed by atoms with Crippen molar-refractivity contribution in [2.24, 2.45) is 0 Å². The zero-order chi connectivity index (χ0) is 13.2. The van der Waals surface area contributed by atoms with Crippen LogP contribution in [0.25, 0.3) is 10.8 Å². The molecule has 0 aliphatic carbocycles. The Balaban J connectivity index is 2.07. The molecule has 0 aliphatic rings. The molecule has 19 heavy (non-hydrogen) atoms. The summed E-state index contributed by atoms with van der Waals surface area (Å²) in [7, 11) is 0. The fraction of sp³-hybridized carbons (Fsp3) is 0.118. The van der Waals surface area contributed by atoms with Crippen molar-refractivity contribution in [3.05, 3.63) is 77.6 Å². The number of aromatic nitrogens is 1. The predicted molar refractivity (Wildman–Crippen MR) is 77.0 cm³/mol. The second-order valence-electron chi connectivity index (χ2n) is 4.71. The summed E-state index contributed by atoms with van der Waals surface area (Å²) in [6, 6.07) is 18.0. The van der Waals surface area contributed by atoms with Crippen molar-refractivity contribution in [3.63, 3.8) is 0 Å². The Labute approximate surface area is 112 Å². The van der Waals surface area contributed by atoms with Crippen LogP contribution < -0.4 is 0 Å². The smallest absolute Gasteiger partial charge is 0.121 e. The van der Waals surface area contributed by atoms with Crippen molar-refractivity contribution in [1.82, 2.24) is 4.98 Å². The van der Waals surface area contributed by atoms with Gasteiger partial charge in [-0.15, -0.1) is 0 Å². The quantitative estimate of drug-likeness (QED) is 0.752. The first-order valence-electron chi connectivity index (χ1n) is 6.34. The SMILES string of the molecule is Cc1cccnc1C(O)c1ccc2ccccc2c1. The first-order chi connectivity index (χ1) is 9.25. The van der Waals surface area contributed by atoms with E-state index in [0.717, 1.165) is 22.2 Å². The topological polar surface area (TPSA) is 33.1 Å². The van der Waals surface area contributed by atoms with Crippen LogP contribution >= 0.6 is 0 Å². The molecule has 3 aromatic rings. The largest absolute Gasteiger partial charge is 0.382 e. The molecule has 0 fully saturated rings. The third-order valence-corrected chi connectivity index (χ3v) is 3.40. The molecule has 3 rings (SSSR count). The van der Waals surface area contributed by atoms with Crippen molar-refractivity contribution < 1.29 is 5.11 Å². The number of benzene rings is 2. The van der Waals surface area contributed by atoms with Crippen molar-refractivity contribution >= 4 is 10.8 Å². The Morgan fingerprint density at radius 3 is 2.53 bits per heavy atom. The molecule has 2 nitrogen and oxygen atoms in total. The average molecular weight is 249 g/mol. The summed E-state index contributed by atoms with van der Waals surface area (Å²) < 4.78 is 0. The molecule has 0 saturated carbocycles. The summed E-state index contributed by atoms with van der Waals surface area (Å²) in [4.78, 5) is 4.28. The van der Waals surface area contributed by atoms with E-state index in [0.29, 0.717) is 0 Å². The highest BCUT2D eigenvalue weighted by molar-refractivity contribution is 5.83. The lowest BCUT2D eigenvalue weighted by Crippen LogP contribution is -2.04. The molecular weight excluding hydrogens is 234 g/mol. The van der Waals surface area contributed by atoms with E-state index in [1.165, 1.54) is 5.39 Å². The molecule has 0 aliphatic heterocycles. The van der Waals surface area contributed by atoms with Crippen molar-refractivity contribution in [3.8, 4) is 0 Å². The molecular formula is C17H15NO. The summed E-state index contributed by atoms with van der Waals surface area (Å²) in [5.41, 5.74) is 2.60. The fourth-order valence-corrected chi connectivity index (χ4v) is 2.32. The monoisotopic (exact) mass is 249 g/mol. The van der Waals surface area contributed by atoms with E-state index in [1.807, 2.05) is 49.4 Å². The Kier molecular flexibility index (Phi) is 3.02. The van der Waals surface area contributed by atoms with E-state index in [9.17, 15) is 5.11 Å². The van der Waals surface area contributed by atoms with Gasteiger partial charge in [0.1, 0.15) is 6.10 Å². The van der Waals surface area contributed by atoms with Crippen LogP contribution in [0.15, 0.2) is 60.8 Å². The molecule has 0 spiro atoms. The number of rotatable bonds is 2. The Hall–Kier alpha value is -2.19. The van der Waals surface area contributed by atoms with E-state index in [4.69, 9.17) is 0 Å². The van der Waals surface area contributed by atoms with Gasteiger partial charge in [-0.3, -0.25) is 4.98 Å². The third-order valence-electron chi connectivity index (χ3n) is 3.40. The molecule has 0 radical (unpaired) electrons. The average Bonchev–Trinajstić information content (AvgIpc) is 2.46. The molecule has 1 atom stereocenters. The van der Waals surface area contributed by atoms with Gasteiger partial charge in [0.25, 0.3) is 0 Å². The van der Waals surface area contributed by atoms with E-state index in [-0.39, 0.29) is 0 Å². The van der Waals surface area contributed by atoms with Crippen LogP contribution in [0.2, 0.25) is 0 Å². The standard InChI is InChI=1S/C17H15NO/c1-12-5-4-10-18-16(12)17(19)15-9-8-13-6-2-3-7-14(13)11-15/h2-11,17,19H,1H3. The number of pyridine rings is 1. The minimum atomic E-state index is -0.675. The summed E-state index contributed by atoms with van der Waals surface area (Å²) >= 11 is 0. The van der Waals surface area contributed by atoms with Gasteiger partial charge in [-0.2, -0.15) is 0 Å². The van der Waals surface area contributed by atoms with Gasteiger partial charge >= 0.3 is 0 Å². The lowest BCUT2D eigenvalue weighted by Gasteiger charge is -2.13. The second kappa shape index (κ2) is 4.82. The van der Waals surface area contributed by atoms with Crippen LogP contribution in [0.3, 0.4) is 0 Å². The lowest BCUT2D eigenvalue weighted by atomic mass is 9.99. The highest BCUT2D eigenvalue weighted by Crippen LogP contribution is 2.25. The number of aliphatic hydroxyl groups excluding tert-OH is 1. The molecule has 1 heterocycles. The van der Waals surface area contributed by atoms with Gasteiger partial charge < -0.3 is 5.11 Å². The van der Waals surface area contributed by atoms with Gasteiger partial charge in [-0.05, 0) is 41.0 Å². The van der Waals surface area contributed by atoms with Gasteiger partial charge in [0.2, 0.25) is 0 Å². The Bertz CT molecular complexity index is 721. The van der Waals surface area contributed by atoms with Crippen LogP contribution in [0, 0.1) is 6.92 Å². The van der Waals surface area contributed by atoms with Crippen LogP contribution in [0.1, 0.15) is 22.9 Å². The molecule has 1 unspecified atom stereocenters. The van der Waals surface area contributed by atoms with Crippen molar-refractivity contribution in [2.75, 3.05) is 0 Å². The van der Waals surface area contributed by atoms with E-state index in [2.05, 4.69) is 17.1 Å². The summed E-state index contributed by atoms with van der Waals surface area (Å²) in [5, 5.41) is 12.8. The normalized spacial score (nSPS) is 12.5. The molecule has 1 aromatic heterocycles. The molecule has 0 saturated heterocycles. The highest BCUT2D eigenvalue weighted by atomic mass is 16.3. The minimum absolute atomic E-state index is 0.675. The number of aryl methyl sites for hydroxylation is 1. The first kappa shape index (κ1) is 11.9. The number of aliphatic hydroxyl groups is 1. The zero-order valence-corrected chi connectivity index (χ0v) is 10.7. The second-order valence-corrected chi connectivity index (χ2v) is 4.71. The Morgan fingerprint density at radius 1 is 0.947 bits per heavy atom. The van der Waals surface area contributed by atoms with Gasteiger partial charge in [-0.1, -0.05) is 42.5 Å². The molecule has 0 amide bonds. The maximum absolute atomic E-state index is 10.5. The molecule has 0 bridgehead atoms. The summed E-state index contributed by atoms with van der Waals surface area (Å²) in [5.74, 6) is 0. The fourth-order valence-electron chi connectivity index (χ4n) is 2.32. The van der Waals surface area contributed by atoms with E-state index >= 15 is 0 Å². The third kappa shape index (κ3) is 2.23. The van der Waals surface area contributed by atoms with Crippen LogP contribution in [0.4, 0.5) is 0 Å². The number of hydrogen-bond donors (Lipinski definition) is 1. The summed E-state index contributed by atoms with van der Waals surface area (Å²) in [6.45, 7) is 1.96. The van der Waals surface area contributed by atoms with Crippen LogP contribution in [-0.2, 0) is 0 Å². The zero-order valence-electron chi connectivity index (χ0n) is 10.7. The molecule has 2 aromatic carbocycles. The number of fused-ring (bicyclic) bond motifs is 1. The highest BCUT2D eigenvalue weighted by Gasteiger charge is 2.14. The van der Waals surface area contributed by atoms with Gasteiger partial charge in [-0.25, -0.2) is 0 Å². The first-order valence-corrected chi connectivity index (χ1v) is 6.34. The Morgan fingerprint density at radius 2 is 1.74 bits per heavy atom. The van der Waals surface area contributed by atoms with Crippen molar-refractivity contribution in [2.45, 2.75) is 13.0 Å². The van der Waals surface area contributed by atoms with Gasteiger partial charge in [0, 0.05) is 6.20 Å². The summed E-state index contributed by atoms with van der Waals surface area (Å²) in [6.07, 6.45) is 1.04. The molecule has 94 valence electrons. The van der Waals surface area contributed by atoms with Crippen LogP contribution in [-0.4, -0.2) is 10.1 Å². The minimum Gasteiger partial charge on any atom is -0.382 e. The molecule has 2 heteroatoms.